The first-order valence-electron chi connectivity index (χ1n) is 6.79. The number of aromatic nitrogens is 2. The van der Waals surface area contributed by atoms with Crippen molar-refractivity contribution in [3.63, 3.8) is 0 Å². The zero-order chi connectivity index (χ0) is 15.6. The van der Waals surface area contributed by atoms with E-state index in [4.69, 9.17) is 0 Å². The molecule has 0 spiro atoms. The van der Waals surface area contributed by atoms with Crippen LogP contribution in [0.2, 0.25) is 0 Å². The molecule has 0 aliphatic rings. The number of halogens is 3. The summed E-state index contributed by atoms with van der Waals surface area (Å²) in [5, 5.41) is 7.55. The van der Waals surface area contributed by atoms with E-state index in [1.807, 2.05) is 18.7 Å². The number of benzene rings is 1. The largest absolute Gasteiger partial charge is 0.313 e. The first-order valence-corrected chi connectivity index (χ1v) is 7.59. The Kier molecular flexibility index (Phi) is 5.11. The van der Waals surface area contributed by atoms with Gasteiger partial charge in [0.2, 0.25) is 0 Å². The molecule has 0 aliphatic carbocycles. The van der Waals surface area contributed by atoms with Crippen LogP contribution in [0, 0.1) is 11.6 Å². The molecule has 0 bridgehead atoms. The average molecular weight is 358 g/mol. The summed E-state index contributed by atoms with van der Waals surface area (Å²) in [5.41, 5.74) is 2.56. The molecule has 2 rings (SSSR count). The van der Waals surface area contributed by atoms with E-state index in [0.29, 0.717) is 12.0 Å². The summed E-state index contributed by atoms with van der Waals surface area (Å²) in [6.45, 7) is 2.04. The molecular weight excluding hydrogens is 340 g/mol. The second-order valence-corrected chi connectivity index (χ2v) is 5.73. The Bertz CT molecular complexity index is 620. The second kappa shape index (κ2) is 6.66. The standard InChI is InChI=1S/C15H18BrF2N3/c1-4-12-15(16)14(21(3)20-12)8-13(19-2)9-5-10(17)7-11(18)6-9/h5-7,13,19H,4,8H2,1-3H3. The van der Waals surface area contributed by atoms with Crippen molar-refractivity contribution in [2.45, 2.75) is 25.8 Å². The Labute approximate surface area is 131 Å². The highest BCUT2D eigenvalue weighted by Gasteiger charge is 2.19. The van der Waals surface area contributed by atoms with Gasteiger partial charge in [-0.25, -0.2) is 8.78 Å². The van der Waals surface area contributed by atoms with Crippen molar-refractivity contribution in [1.29, 1.82) is 0 Å². The smallest absolute Gasteiger partial charge is 0.126 e. The van der Waals surface area contributed by atoms with E-state index in [2.05, 4.69) is 26.3 Å². The predicted octanol–water partition coefficient (Wildman–Crippen LogP) is 3.53. The molecule has 114 valence electrons. The molecule has 3 nitrogen and oxygen atoms in total. The highest BCUT2D eigenvalue weighted by Crippen LogP contribution is 2.27. The third-order valence-electron chi connectivity index (χ3n) is 3.54. The molecule has 0 saturated carbocycles. The minimum Gasteiger partial charge on any atom is -0.313 e. The second-order valence-electron chi connectivity index (χ2n) is 4.93. The number of aryl methyl sites for hydroxylation is 2. The van der Waals surface area contributed by atoms with Gasteiger partial charge in [0, 0.05) is 25.6 Å². The van der Waals surface area contributed by atoms with Crippen LogP contribution in [0.5, 0.6) is 0 Å². The molecule has 1 aromatic carbocycles. The number of hydrogen-bond donors (Lipinski definition) is 1. The summed E-state index contributed by atoms with van der Waals surface area (Å²) in [7, 11) is 3.65. The fourth-order valence-corrected chi connectivity index (χ4v) is 3.18. The minimum atomic E-state index is -0.566. The lowest BCUT2D eigenvalue weighted by molar-refractivity contribution is 0.537. The molecule has 1 atom stereocenters. The number of nitrogens with one attached hydrogen (secondary N) is 1. The summed E-state index contributed by atoms with van der Waals surface area (Å²) in [6.07, 6.45) is 1.41. The zero-order valence-corrected chi connectivity index (χ0v) is 13.8. The van der Waals surface area contributed by atoms with Crippen LogP contribution in [0.4, 0.5) is 8.78 Å². The van der Waals surface area contributed by atoms with Crippen LogP contribution in [0.1, 0.15) is 29.9 Å². The van der Waals surface area contributed by atoms with Crippen LogP contribution < -0.4 is 5.32 Å². The maximum absolute atomic E-state index is 13.4. The molecule has 0 amide bonds. The van der Waals surface area contributed by atoms with Crippen molar-refractivity contribution < 1.29 is 8.78 Å². The Balaban J connectivity index is 2.33. The number of hydrogen-bond acceptors (Lipinski definition) is 2. The number of rotatable bonds is 5. The van der Waals surface area contributed by atoms with Crippen LogP contribution in [0.3, 0.4) is 0 Å². The highest BCUT2D eigenvalue weighted by molar-refractivity contribution is 9.10. The molecule has 0 saturated heterocycles. The third-order valence-corrected chi connectivity index (χ3v) is 4.45. The molecule has 0 radical (unpaired) electrons. The minimum absolute atomic E-state index is 0.188. The topological polar surface area (TPSA) is 29.9 Å². The van der Waals surface area contributed by atoms with Gasteiger partial charge in [-0.15, -0.1) is 0 Å². The van der Waals surface area contributed by atoms with Crippen LogP contribution >= 0.6 is 15.9 Å². The molecule has 6 heteroatoms. The van der Waals surface area contributed by atoms with Gasteiger partial charge in [0.25, 0.3) is 0 Å². The summed E-state index contributed by atoms with van der Waals surface area (Å²) in [6, 6.07) is 3.40. The van der Waals surface area contributed by atoms with E-state index < -0.39 is 11.6 Å². The monoisotopic (exact) mass is 357 g/mol. The van der Waals surface area contributed by atoms with Crippen molar-refractivity contribution >= 4 is 15.9 Å². The van der Waals surface area contributed by atoms with Crippen molar-refractivity contribution in [2.24, 2.45) is 7.05 Å². The summed E-state index contributed by atoms with van der Waals surface area (Å²) in [5.74, 6) is -1.13. The van der Waals surface area contributed by atoms with E-state index in [1.165, 1.54) is 12.1 Å². The van der Waals surface area contributed by atoms with Crippen molar-refractivity contribution in [2.75, 3.05) is 7.05 Å². The molecule has 2 aromatic rings. The lowest BCUT2D eigenvalue weighted by atomic mass is 10.0. The maximum atomic E-state index is 13.4. The normalized spacial score (nSPS) is 12.7. The molecule has 1 heterocycles. The Morgan fingerprint density at radius 1 is 1.29 bits per heavy atom. The van der Waals surface area contributed by atoms with E-state index in [-0.39, 0.29) is 6.04 Å². The van der Waals surface area contributed by atoms with Gasteiger partial charge >= 0.3 is 0 Å². The SMILES string of the molecule is CCc1nn(C)c(CC(NC)c2cc(F)cc(F)c2)c1Br. The van der Waals surface area contributed by atoms with Gasteiger partial charge in [0.1, 0.15) is 11.6 Å². The predicted molar refractivity (Wildman–Crippen MR) is 82.1 cm³/mol. The van der Waals surface area contributed by atoms with Crippen LogP contribution in [0.15, 0.2) is 22.7 Å². The summed E-state index contributed by atoms with van der Waals surface area (Å²) >= 11 is 3.56. The van der Waals surface area contributed by atoms with Gasteiger partial charge in [0.05, 0.1) is 15.9 Å². The van der Waals surface area contributed by atoms with E-state index in [1.54, 1.807) is 7.05 Å². The third kappa shape index (κ3) is 3.49. The summed E-state index contributed by atoms with van der Waals surface area (Å²) < 4.78 is 29.5. The number of likely N-dealkylation sites (N-methyl/N-ethyl adjacent to an activating group) is 1. The Morgan fingerprint density at radius 2 is 1.90 bits per heavy atom. The fraction of sp³-hybridized carbons (Fsp3) is 0.400. The lowest BCUT2D eigenvalue weighted by Gasteiger charge is -2.17. The number of nitrogens with zero attached hydrogens (tertiary/aromatic N) is 2. The molecular formula is C15H18BrF2N3. The zero-order valence-electron chi connectivity index (χ0n) is 12.3. The Morgan fingerprint density at radius 3 is 2.38 bits per heavy atom. The van der Waals surface area contributed by atoms with Gasteiger partial charge < -0.3 is 5.32 Å². The van der Waals surface area contributed by atoms with Crippen molar-refractivity contribution in [1.82, 2.24) is 15.1 Å². The molecule has 0 fully saturated rings. The van der Waals surface area contributed by atoms with Crippen molar-refractivity contribution in [3.8, 4) is 0 Å². The van der Waals surface area contributed by atoms with Gasteiger partial charge in [-0.05, 0) is 47.1 Å². The van der Waals surface area contributed by atoms with Crippen LogP contribution in [-0.2, 0) is 19.9 Å². The quantitative estimate of drug-likeness (QED) is 0.886. The fourth-order valence-electron chi connectivity index (χ4n) is 2.40. The summed E-state index contributed by atoms with van der Waals surface area (Å²) in [4.78, 5) is 0. The lowest BCUT2D eigenvalue weighted by Crippen LogP contribution is -2.20. The van der Waals surface area contributed by atoms with E-state index in [0.717, 1.165) is 28.3 Å². The van der Waals surface area contributed by atoms with Crippen molar-refractivity contribution in [3.05, 3.63) is 51.3 Å². The van der Waals surface area contributed by atoms with Gasteiger partial charge in [-0.2, -0.15) is 5.10 Å². The Hall–Kier alpha value is -1.27. The average Bonchev–Trinajstić information content (AvgIpc) is 2.70. The van der Waals surface area contributed by atoms with Gasteiger partial charge in [-0.1, -0.05) is 6.92 Å². The highest BCUT2D eigenvalue weighted by atomic mass is 79.9. The van der Waals surface area contributed by atoms with Crippen LogP contribution in [0.25, 0.3) is 0 Å². The first-order chi connectivity index (χ1) is 9.96. The maximum Gasteiger partial charge on any atom is 0.126 e. The molecule has 1 aromatic heterocycles. The molecule has 21 heavy (non-hydrogen) atoms. The molecule has 1 unspecified atom stereocenters. The van der Waals surface area contributed by atoms with Gasteiger partial charge in [-0.3, -0.25) is 4.68 Å². The molecule has 0 aliphatic heterocycles. The molecule has 1 N–H and O–H groups in total. The van der Waals surface area contributed by atoms with Crippen LogP contribution in [-0.4, -0.2) is 16.8 Å². The van der Waals surface area contributed by atoms with E-state index >= 15 is 0 Å². The first kappa shape index (κ1) is 16.1. The van der Waals surface area contributed by atoms with Gasteiger partial charge in [0.15, 0.2) is 0 Å². The van der Waals surface area contributed by atoms with E-state index in [9.17, 15) is 8.78 Å².